The number of likely N-dealkylation sites (tertiary alicyclic amines) is 1. The van der Waals surface area contributed by atoms with Crippen LogP contribution in [0.2, 0.25) is 0 Å². The van der Waals surface area contributed by atoms with Gasteiger partial charge in [0.05, 0.1) is 0 Å². The average Bonchev–Trinajstić information content (AvgIpc) is 3.28. The van der Waals surface area contributed by atoms with E-state index in [1.807, 2.05) is 28.7 Å². The van der Waals surface area contributed by atoms with E-state index in [4.69, 9.17) is 0 Å². The summed E-state index contributed by atoms with van der Waals surface area (Å²) in [5, 5.41) is 7.69. The van der Waals surface area contributed by atoms with Crippen LogP contribution in [0, 0.1) is 6.92 Å². The molecular weight excluding hydrogens is 306 g/mol. The second-order valence-corrected chi connectivity index (χ2v) is 6.75. The van der Waals surface area contributed by atoms with Crippen molar-refractivity contribution in [3.8, 4) is 0 Å². The van der Waals surface area contributed by atoms with Gasteiger partial charge in [-0.2, -0.15) is 0 Å². The third kappa shape index (κ3) is 2.64. The standard InChI is InChI=1S/C17H21N5O2/c1-12-4-9-22(14-2-3-14)17(24)15(12)16(23)20-7-5-13(6-8-20)21-10-18-19-11-21/h4,9-11,13-14H,2-3,5-8H2,1H3. The number of nitrogens with zero attached hydrogens (tertiary/aromatic N) is 5. The van der Waals surface area contributed by atoms with Crippen LogP contribution < -0.4 is 5.56 Å². The summed E-state index contributed by atoms with van der Waals surface area (Å²) in [4.78, 5) is 27.4. The first-order chi connectivity index (χ1) is 11.6. The van der Waals surface area contributed by atoms with Crippen LogP contribution in [-0.2, 0) is 0 Å². The fourth-order valence-electron chi connectivity index (χ4n) is 3.46. The Morgan fingerprint density at radius 1 is 1.08 bits per heavy atom. The molecule has 2 aromatic heterocycles. The van der Waals surface area contributed by atoms with Gasteiger partial charge in [-0.15, -0.1) is 10.2 Å². The lowest BCUT2D eigenvalue weighted by molar-refractivity contribution is 0.0691. The molecule has 2 aromatic rings. The Morgan fingerprint density at radius 3 is 2.38 bits per heavy atom. The third-order valence-electron chi connectivity index (χ3n) is 5.09. The van der Waals surface area contributed by atoms with Crippen molar-refractivity contribution in [1.82, 2.24) is 24.2 Å². The van der Waals surface area contributed by atoms with Crippen molar-refractivity contribution in [1.29, 1.82) is 0 Å². The predicted octanol–water partition coefficient (Wildman–Crippen LogP) is 1.56. The van der Waals surface area contributed by atoms with Crippen LogP contribution >= 0.6 is 0 Å². The Hall–Kier alpha value is -2.44. The zero-order valence-corrected chi connectivity index (χ0v) is 13.8. The van der Waals surface area contributed by atoms with Crippen LogP contribution in [0.1, 0.15) is 53.7 Å². The van der Waals surface area contributed by atoms with Crippen molar-refractivity contribution in [2.75, 3.05) is 13.1 Å². The molecule has 1 saturated carbocycles. The van der Waals surface area contributed by atoms with E-state index in [0.29, 0.717) is 24.7 Å². The van der Waals surface area contributed by atoms with Crippen LogP contribution in [0.5, 0.6) is 0 Å². The van der Waals surface area contributed by atoms with Gasteiger partial charge < -0.3 is 14.0 Å². The zero-order chi connectivity index (χ0) is 16.7. The van der Waals surface area contributed by atoms with Crippen molar-refractivity contribution >= 4 is 5.91 Å². The third-order valence-corrected chi connectivity index (χ3v) is 5.09. The minimum Gasteiger partial charge on any atom is -0.338 e. The molecule has 0 atom stereocenters. The summed E-state index contributed by atoms with van der Waals surface area (Å²) in [6.45, 7) is 3.15. The maximum absolute atomic E-state index is 12.9. The molecule has 1 saturated heterocycles. The molecule has 0 bridgehead atoms. The van der Waals surface area contributed by atoms with Crippen LogP contribution in [0.25, 0.3) is 0 Å². The number of aryl methyl sites for hydroxylation is 1. The summed E-state index contributed by atoms with van der Waals surface area (Å²) >= 11 is 0. The molecule has 3 heterocycles. The lowest BCUT2D eigenvalue weighted by Gasteiger charge is -2.32. The first-order valence-corrected chi connectivity index (χ1v) is 8.50. The van der Waals surface area contributed by atoms with Crippen molar-refractivity contribution in [3.05, 3.63) is 46.4 Å². The van der Waals surface area contributed by atoms with E-state index in [0.717, 1.165) is 31.2 Å². The number of aromatic nitrogens is 4. The van der Waals surface area contributed by atoms with E-state index >= 15 is 0 Å². The minimum absolute atomic E-state index is 0.130. The van der Waals surface area contributed by atoms with Gasteiger partial charge in [0.1, 0.15) is 18.2 Å². The number of pyridine rings is 1. The fourth-order valence-corrected chi connectivity index (χ4v) is 3.46. The van der Waals surface area contributed by atoms with Gasteiger partial charge in [0.15, 0.2) is 0 Å². The van der Waals surface area contributed by atoms with E-state index in [1.165, 1.54) is 0 Å². The lowest BCUT2D eigenvalue weighted by Crippen LogP contribution is -2.42. The van der Waals surface area contributed by atoms with Gasteiger partial charge in [0, 0.05) is 31.4 Å². The van der Waals surface area contributed by atoms with Crippen LogP contribution in [-0.4, -0.2) is 43.2 Å². The molecule has 2 aliphatic rings. The van der Waals surface area contributed by atoms with Crippen molar-refractivity contribution in [2.45, 2.75) is 44.7 Å². The first kappa shape index (κ1) is 15.1. The molecule has 0 aromatic carbocycles. The molecule has 2 fully saturated rings. The Balaban J connectivity index is 1.53. The summed E-state index contributed by atoms with van der Waals surface area (Å²) in [6, 6.07) is 2.49. The van der Waals surface area contributed by atoms with Crippen LogP contribution in [0.4, 0.5) is 0 Å². The Labute approximate surface area is 139 Å². The Morgan fingerprint density at radius 2 is 1.75 bits per heavy atom. The normalized spacial score (nSPS) is 18.8. The zero-order valence-electron chi connectivity index (χ0n) is 13.8. The quantitative estimate of drug-likeness (QED) is 0.857. The van der Waals surface area contributed by atoms with E-state index in [-0.39, 0.29) is 17.5 Å². The topological polar surface area (TPSA) is 73.0 Å². The van der Waals surface area contributed by atoms with Crippen molar-refractivity contribution < 1.29 is 4.79 Å². The number of carbonyl (C=O) groups is 1. The molecule has 0 unspecified atom stereocenters. The van der Waals surface area contributed by atoms with Gasteiger partial charge in [-0.25, -0.2) is 0 Å². The van der Waals surface area contributed by atoms with E-state index < -0.39 is 0 Å². The smallest absolute Gasteiger partial charge is 0.263 e. The molecule has 7 heteroatoms. The lowest BCUT2D eigenvalue weighted by atomic mass is 10.0. The number of hydrogen-bond acceptors (Lipinski definition) is 4. The average molecular weight is 327 g/mol. The largest absolute Gasteiger partial charge is 0.338 e. The fraction of sp³-hybridized carbons (Fsp3) is 0.529. The Kier molecular flexibility index (Phi) is 3.70. The van der Waals surface area contributed by atoms with Gasteiger partial charge in [0.2, 0.25) is 0 Å². The van der Waals surface area contributed by atoms with E-state index in [2.05, 4.69) is 10.2 Å². The Bertz CT molecular complexity index is 799. The number of amides is 1. The highest BCUT2D eigenvalue weighted by Gasteiger charge is 2.30. The highest BCUT2D eigenvalue weighted by Crippen LogP contribution is 2.33. The van der Waals surface area contributed by atoms with E-state index in [1.54, 1.807) is 17.2 Å². The summed E-state index contributed by atoms with van der Waals surface area (Å²) in [5.41, 5.74) is 0.971. The molecule has 7 nitrogen and oxygen atoms in total. The molecule has 1 aliphatic carbocycles. The highest BCUT2D eigenvalue weighted by atomic mass is 16.2. The maximum Gasteiger partial charge on any atom is 0.263 e. The van der Waals surface area contributed by atoms with Gasteiger partial charge in [-0.3, -0.25) is 9.59 Å². The molecule has 0 spiro atoms. The summed E-state index contributed by atoms with van der Waals surface area (Å²) in [5.74, 6) is -0.130. The van der Waals surface area contributed by atoms with Crippen LogP contribution in [0.3, 0.4) is 0 Å². The van der Waals surface area contributed by atoms with Gasteiger partial charge >= 0.3 is 0 Å². The van der Waals surface area contributed by atoms with Crippen molar-refractivity contribution in [2.24, 2.45) is 0 Å². The number of piperidine rings is 1. The predicted molar refractivity (Wildman–Crippen MR) is 87.9 cm³/mol. The SMILES string of the molecule is Cc1ccn(C2CC2)c(=O)c1C(=O)N1CCC(n2cnnc2)CC1. The van der Waals surface area contributed by atoms with Gasteiger partial charge in [0.25, 0.3) is 11.5 Å². The van der Waals surface area contributed by atoms with Crippen LogP contribution in [0.15, 0.2) is 29.7 Å². The number of carbonyl (C=O) groups excluding carboxylic acids is 1. The molecular formula is C17H21N5O2. The van der Waals surface area contributed by atoms with E-state index in [9.17, 15) is 9.59 Å². The second-order valence-electron chi connectivity index (χ2n) is 6.75. The monoisotopic (exact) mass is 327 g/mol. The van der Waals surface area contributed by atoms with Crippen molar-refractivity contribution in [3.63, 3.8) is 0 Å². The molecule has 126 valence electrons. The summed E-state index contributed by atoms with van der Waals surface area (Å²) < 4.78 is 3.72. The second kappa shape index (κ2) is 5.89. The maximum atomic E-state index is 12.9. The highest BCUT2D eigenvalue weighted by molar-refractivity contribution is 5.95. The molecule has 0 N–H and O–H groups in total. The minimum atomic E-state index is -0.136. The van der Waals surface area contributed by atoms with Gasteiger partial charge in [-0.05, 0) is 44.2 Å². The first-order valence-electron chi connectivity index (χ1n) is 8.50. The molecule has 1 amide bonds. The molecule has 4 rings (SSSR count). The molecule has 0 radical (unpaired) electrons. The summed E-state index contributed by atoms with van der Waals surface area (Å²) in [6.07, 6.45) is 9.03. The summed E-state index contributed by atoms with van der Waals surface area (Å²) in [7, 11) is 0. The number of rotatable bonds is 3. The molecule has 1 aliphatic heterocycles. The molecule has 24 heavy (non-hydrogen) atoms. The van der Waals surface area contributed by atoms with Gasteiger partial charge in [-0.1, -0.05) is 0 Å². The number of hydrogen-bond donors (Lipinski definition) is 0.